The molecule has 0 aliphatic heterocycles. The lowest BCUT2D eigenvalue weighted by Gasteiger charge is -2.12. The molecule has 32 heavy (non-hydrogen) atoms. The molecule has 3 aromatic carbocycles. The van der Waals surface area contributed by atoms with Crippen molar-refractivity contribution in [2.45, 2.75) is 13.8 Å². The van der Waals surface area contributed by atoms with Crippen molar-refractivity contribution >= 4 is 22.3 Å². The van der Waals surface area contributed by atoms with Crippen LogP contribution in [0.4, 0.5) is 11.4 Å². The van der Waals surface area contributed by atoms with Crippen LogP contribution in [-0.4, -0.2) is 9.85 Å². The zero-order valence-electron chi connectivity index (χ0n) is 17.0. The molecule has 0 saturated carbocycles. The minimum atomic E-state index is -0.805. The fraction of sp³-hybridized carbons (Fsp3) is 0.0870. The summed E-state index contributed by atoms with van der Waals surface area (Å²) in [6.45, 7) is 3.72. The molecule has 0 radical (unpaired) electrons. The number of nitrogens with zero attached hydrogens (tertiary/aromatic N) is 2. The smallest absolute Gasteiger partial charge is 0.318 e. The van der Waals surface area contributed by atoms with Gasteiger partial charge >= 0.3 is 5.69 Å². The predicted molar refractivity (Wildman–Crippen MR) is 117 cm³/mol. The van der Waals surface area contributed by atoms with E-state index in [1.807, 2.05) is 26.0 Å². The van der Waals surface area contributed by atoms with Crippen LogP contribution in [-0.2, 0) is 0 Å². The molecule has 1 aromatic heterocycles. The number of benzene rings is 3. The number of hydrogen-bond donors (Lipinski definition) is 0. The molecule has 0 N–H and O–H groups in total. The van der Waals surface area contributed by atoms with Crippen molar-refractivity contribution in [1.82, 2.24) is 0 Å². The first-order valence-corrected chi connectivity index (χ1v) is 9.50. The van der Waals surface area contributed by atoms with Crippen molar-refractivity contribution in [1.29, 1.82) is 0 Å². The van der Waals surface area contributed by atoms with Gasteiger partial charge in [0.1, 0.15) is 5.58 Å². The van der Waals surface area contributed by atoms with E-state index in [1.165, 1.54) is 0 Å². The zero-order valence-corrected chi connectivity index (χ0v) is 17.0. The van der Waals surface area contributed by atoms with Crippen molar-refractivity contribution in [3.8, 4) is 22.8 Å². The van der Waals surface area contributed by atoms with Crippen LogP contribution < -0.4 is 10.2 Å². The summed E-state index contributed by atoms with van der Waals surface area (Å²) >= 11 is 0. The van der Waals surface area contributed by atoms with Gasteiger partial charge in [0.25, 0.3) is 5.69 Å². The van der Waals surface area contributed by atoms with E-state index in [1.54, 1.807) is 30.3 Å². The van der Waals surface area contributed by atoms with Gasteiger partial charge in [-0.25, -0.2) is 0 Å². The molecule has 1 heterocycles. The number of aryl methyl sites for hydroxylation is 2. The van der Waals surface area contributed by atoms with E-state index in [0.29, 0.717) is 11.1 Å². The van der Waals surface area contributed by atoms with Crippen LogP contribution in [0.2, 0.25) is 0 Å². The molecule has 0 saturated heterocycles. The monoisotopic (exact) mass is 432 g/mol. The quantitative estimate of drug-likeness (QED) is 0.293. The van der Waals surface area contributed by atoms with Crippen LogP contribution in [0.25, 0.3) is 22.3 Å². The van der Waals surface area contributed by atoms with E-state index < -0.39 is 26.7 Å². The Kier molecular flexibility index (Phi) is 5.15. The van der Waals surface area contributed by atoms with Crippen LogP contribution >= 0.6 is 0 Å². The summed E-state index contributed by atoms with van der Waals surface area (Å²) in [5.41, 5.74) is 1.05. The Hall–Kier alpha value is -4.53. The van der Waals surface area contributed by atoms with Gasteiger partial charge in [0.05, 0.1) is 21.3 Å². The highest BCUT2D eigenvalue weighted by molar-refractivity contribution is 5.83. The third kappa shape index (κ3) is 3.79. The summed E-state index contributed by atoms with van der Waals surface area (Å²) in [5.74, 6) is -0.462. The van der Waals surface area contributed by atoms with Crippen LogP contribution in [0.5, 0.6) is 11.5 Å². The van der Waals surface area contributed by atoms with Gasteiger partial charge in [0, 0.05) is 11.6 Å². The van der Waals surface area contributed by atoms with Crippen LogP contribution in [0.1, 0.15) is 11.1 Å². The molecule has 160 valence electrons. The molecule has 9 heteroatoms. The Morgan fingerprint density at radius 2 is 1.53 bits per heavy atom. The molecule has 4 rings (SSSR count). The van der Waals surface area contributed by atoms with Crippen molar-refractivity contribution < 1.29 is 19.0 Å². The van der Waals surface area contributed by atoms with Crippen LogP contribution in [0.3, 0.4) is 0 Å². The van der Waals surface area contributed by atoms with E-state index in [2.05, 4.69) is 0 Å². The second-order valence-electron chi connectivity index (χ2n) is 7.22. The predicted octanol–water partition coefficient (Wildman–Crippen LogP) is 5.69. The molecular formula is C23H16N2O7. The van der Waals surface area contributed by atoms with Gasteiger partial charge in [-0.05, 0) is 32.0 Å². The van der Waals surface area contributed by atoms with E-state index in [9.17, 15) is 25.0 Å². The van der Waals surface area contributed by atoms with Gasteiger partial charge in [0.15, 0.2) is 5.76 Å². The first kappa shape index (κ1) is 20.7. The maximum absolute atomic E-state index is 13.3. The molecule has 0 spiro atoms. The first-order valence-electron chi connectivity index (χ1n) is 9.50. The maximum atomic E-state index is 13.3. The lowest BCUT2D eigenvalue weighted by Crippen LogP contribution is -2.08. The second kappa shape index (κ2) is 7.95. The average molecular weight is 432 g/mol. The molecule has 0 bridgehead atoms. The summed E-state index contributed by atoms with van der Waals surface area (Å²) in [6.07, 6.45) is 0. The largest absolute Gasteiger partial charge is 0.452 e. The van der Waals surface area contributed by atoms with Gasteiger partial charge < -0.3 is 9.15 Å². The summed E-state index contributed by atoms with van der Waals surface area (Å²) < 4.78 is 11.7. The van der Waals surface area contributed by atoms with Gasteiger partial charge in [-0.2, -0.15) is 0 Å². The third-order valence-electron chi connectivity index (χ3n) is 4.88. The minimum absolute atomic E-state index is 0.0963. The molecular weight excluding hydrogens is 416 g/mol. The Balaban J connectivity index is 1.97. The number of rotatable bonds is 5. The molecule has 0 fully saturated rings. The highest BCUT2D eigenvalue weighted by atomic mass is 16.6. The van der Waals surface area contributed by atoms with Crippen LogP contribution in [0, 0.1) is 34.1 Å². The molecule has 9 nitrogen and oxygen atoms in total. The number of ether oxygens (including phenoxy) is 1. The van der Waals surface area contributed by atoms with Crippen molar-refractivity contribution in [2.24, 2.45) is 0 Å². The Bertz CT molecular complexity index is 1440. The molecule has 0 amide bonds. The van der Waals surface area contributed by atoms with Crippen molar-refractivity contribution in [3.63, 3.8) is 0 Å². The van der Waals surface area contributed by atoms with E-state index in [-0.39, 0.29) is 22.6 Å². The van der Waals surface area contributed by atoms with Crippen molar-refractivity contribution in [3.05, 3.63) is 102 Å². The Labute approximate surface area is 180 Å². The highest BCUT2D eigenvalue weighted by Crippen LogP contribution is 2.38. The zero-order chi connectivity index (χ0) is 23.0. The van der Waals surface area contributed by atoms with Crippen molar-refractivity contribution in [2.75, 3.05) is 0 Å². The highest BCUT2D eigenvalue weighted by Gasteiger charge is 2.25. The number of hydrogen-bond acceptors (Lipinski definition) is 7. The normalized spacial score (nSPS) is 10.8. The molecule has 4 aromatic rings. The Morgan fingerprint density at radius 1 is 0.844 bits per heavy atom. The first-order chi connectivity index (χ1) is 15.2. The Morgan fingerprint density at radius 3 is 2.19 bits per heavy atom. The van der Waals surface area contributed by atoms with Gasteiger partial charge in [0.2, 0.25) is 16.9 Å². The topological polar surface area (TPSA) is 126 Å². The lowest BCUT2D eigenvalue weighted by atomic mass is 10.1. The van der Waals surface area contributed by atoms with Crippen LogP contribution in [0.15, 0.2) is 69.9 Å². The fourth-order valence-electron chi connectivity index (χ4n) is 3.24. The van der Waals surface area contributed by atoms with Gasteiger partial charge in [-0.3, -0.25) is 25.0 Å². The van der Waals surface area contributed by atoms with E-state index >= 15 is 0 Å². The second-order valence-corrected chi connectivity index (χ2v) is 7.22. The third-order valence-corrected chi connectivity index (χ3v) is 4.88. The summed E-state index contributed by atoms with van der Waals surface area (Å²) in [5, 5.41) is 22.8. The number of nitro groups is 2. The average Bonchev–Trinajstić information content (AvgIpc) is 2.76. The van der Waals surface area contributed by atoms with Gasteiger partial charge in [-0.1, -0.05) is 41.5 Å². The molecule has 0 aliphatic carbocycles. The van der Waals surface area contributed by atoms with Gasteiger partial charge in [-0.15, -0.1) is 0 Å². The molecule has 0 atom stereocenters. The maximum Gasteiger partial charge on any atom is 0.318 e. The summed E-state index contributed by atoms with van der Waals surface area (Å²) in [6, 6.07) is 15.2. The van der Waals surface area contributed by atoms with E-state index in [4.69, 9.17) is 9.15 Å². The number of nitro benzene ring substituents is 2. The standard InChI is InChI=1S/C23H16N2O7/c1-13-3-6-15(7-4-13)22-23(21(26)17-11-14(2)5-9-19(17)31-22)32-20-10-8-16(24(27)28)12-18(20)25(29)30/h3-12H,1-2H3. The SMILES string of the molecule is Cc1ccc(-c2oc3ccc(C)cc3c(=O)c2Oc2ccc([N+](=O)[O-])cc2[N+](=O)[O-])cc1. The van der Waals surface area contributed by atoms with E-state index in [0.717, 1.165) is 29.3 Å². The number of fused-ring (bicyclic) bond motifs is 1. The molecule has 0 unspecified atom stereocenters. The number of non-ortho nitro benzene ring substituents is 1. The summed E-state index contributed by atoms with van der Waals surface area (Å²) in [7, 11) is 0. The minimum Gasteiger partial charge on any atom is -0.452 e. The fourth-order valence-corrected chi connectivity index (χ4v) is 3.24. The lowest BCUT2D eigenvalue weighted by molar-refractivity contribution is -0.394. The summed E-state index contributed by atoms with van der Waals surface area (Å²) in [4.78, 5) is 34.3. The molecule has 0 aliphatic rings.